The Morgan fingerprint density at radius 2 is 1.48 bits per heavy atom. The van der Waals surface area contributed by atoms with Crippen LogP contribution in [0.3, 0.4) is 0 Å². The van der Waals surface area contributed by atoms with Crippen LogP contribution >= 0.6 is 23.2 Å². The van der Waals surface area contributed by atoms with Gasteiger partial charge in [-0.05, 0) is 49.4 Å². The molecule has 0 bridgehead atoms. The second-order valence-corrected chi connectivity index (χ2v) is 6.51. The first kappa shape index (κ1) is 22.2. The van der Waals surface area contributed by atoms with E-state index in [4.69, 9.17) is 27.9 Å². The average Bonchev–Trinajstić information content (AvgIpc) is 2.66. The third kappa shape index (κ3) is 7.10. The topological polar surface area (TPSA) is 114 Å². The Bertz CT molecular complexity index is 912. The van der Waals surface area contributed by atoms with Gasteiger partial charge in [0.05, 0.1) is 18.7 Å². The standard InChI is InChI=1S/C19H17Cl2N3O5/c1-2-29-19(28)11-3-5-14(6-4-11)24-18(27)17(26)22-10-16(25)23-15-8-12(20)7-13(21)9-15/h3-9H,2,10H2,1H3,(H,22,26)(H,23,25)(H,24,27). The van der Waals surface area contributed by atoms with Crippen LogP contribution in [0.1, 0.15) is 17.3 Å². The monoisotopic (exact) mass is 437 g/mol. The van der Waals surface area contributed by atoms with Crippen LogP contribution in [0.2, 0.25) is 10.0 Å². The highest BCUT2D eigenvalue weighted by atomic mass is 35.5. The van der Waals surface area contributed by atoms with E-state index in [2.05, 4.69) is 16.0 Å². The van der Waals surface area contributed by atoms with Crippen molar-refractivity contribution in [3.8, 4) is 0 Å². The molecule has 2 aromatic carbocycles. The van der Waals surface area contributed by atoms with E-state index in [0.29, 0.717) is 27.0 Å². The lowest BCUT2D eigenvalue weighted by Gasteiger charge is -2.09. The number of hydrogen-bond donors (Lipinski definition) is 3. The van der Waals surface area contributed by atoms with E-state index in [9.17, 15) is 19.2 Å². The summed E-state index contributed by atoms with van der Waals surface area (Å²) in [4.78, 5) is 47.2. The molecule has 3 N–H and O–H groups in total. The molecule has 0 heterocycles. The molecule has 0 atom stereocenters. The first-order chi connectivity index (χ1) is 13.8. The molecule has 0 fully saturated rings. The predicted molar refractivity (Wildman–Crippen MR) is 109 cm³/mol. The van der Waals surface area contributed by atoms with E-state index >= 15 is 0 Å². The molecule has 2 aromatic rings. The summed E-state index contributed by atoms with van der Waals surface area (Å²) < 4.78 is 4.85. The van der Waals surface area contributed by atoms with Crippen molar-refractivity contribution in [3.05, 3.63) is 58.1 Å². The molecule has 0 spiro atoms. The summed E-state index contributed by atoms with van der Waals surface area (Å²) in [5, 5.41) is 7.73. The Kier molecular flexibility index (Phi) is 7.99. The van der Waals surface area contributed by atoms with Crippen LogP contribution in [0.15, 0.2) is 42.5 Å². The Balaban J connectivity index is 1.83. The van der Waals surface area contributed by atoms with E-state index in [1.165, 1.54) is 42.5 Å². The summed E-state index contributed by atoms with van der Waals surface area (Å²) >= 11 is 11.7. The van der Waals surface area contributed by atoms with Crippen molar-refractivity contribution in [2.45, 2.75) is 6.92 Å². The van der Waals surface area contributed by atoms with Gasteiger partial charge in [0.15, 0.2) is 0 Å². The summed E-state index contributed by atoms with van der Waals surface area (Å²) in [6.07, 6.45) is 0. The molecule has 0 saturated carbocycles. The minimum atomic E-state index is -1.00. The number of nitrogens with one attached hydrogen (secondary N) is 3. The average molecular weight is 438 g/mol. The van der Waals surface area contributed by atoms with Crippen molar-refractivity contribution in [2.24, 2.45) is 0 Å². The second-order valence-electron chi connectivity index (χ2n) is 5.64. The Morgan fingerprint density at radius 3 is 2.07 bits per heavy atom. The number of hydrogen-bond acceptors (Lipinski definition) is 5. The number of rotatable bonds is 6. The minimum Gasteiger partial charge on any atom is -0.462 e. The van der Waals surface area contributed by atoms with Gasteiger partial charge in [-0.2, -0.15) is 0 Å². The molecule has 0 aliphatic heterocycles. The van der Waals surface area contributed by atoms with Crippen LogP contribution in [0.25, 0.3) is 0 Å². The lowest BCUT2D eigenvalue weighted by atomic mass is 10.2. The number of anilines is 2. The van der Waals surface area contributed by atoms with Gasteiger partial charge in [-0.15, -0.1) is 0 Å². The van der Waals surface area contributed by atoms with E-state index in [1.54, 1.807) is 6.92 Å². The van der Waals surface area contributed by atoms with E-state index in [1.807, 2.05) is 0 Å². The summed E-state index contributed by atoms with van der Waals surface area (Å²) in [6, 6.07) is 10.3. The molecule has 0 aromatic heterocycles. The summed E-state index contributed by atoms with van der Waals surface area (Å²) in [5.74, 6) is -3.02. The maximum absolute atomic E-state index is 11.9. The normalized spacial score (nSPS) is 10.0. The molecule has 10 heteroatoms. The zero-order valence-corrected chi connectivity index (χ0v) is 16.8. The highest BCUT2D eigenvalue weighted by molar-refractivity contribution is 6.40. The van der Waals surface area contributed by atoms with Gasteiger partial charge >= 0.3 is 17.8 Å². The van der Waals surface area contributed by atoms with Crippen molar-refractivity contribution in [3.63, 3.8) is 0 Å². The van der Waals surface area contributed by atoms with Crippen molar-refractivity contribution in [2.75, 3.05) is 23.8 Å². The molecule has 2 rings (SSSR count). The number of halogens is 2. The van der Waals surface area contributed by atoms with E-state index in [0.717, 1.165) is 0 Å². The lowest BCUT2D eigenvalue weighted by molar-refractivity contribution is -0.136. The number of ether oxygens (including phenoxy) is 1. The number of carbonyl (C=O) groups is 4. The molecule has 29 heavy (non-hydrogen) atoms. The fourth-order valence-electron chi connectivity index (χ4n) is 2.16. The zero-order chi connectivity index (χ0) is 21.4. The van der Waals surface area contributed by atoms with Gasteiger partial charge in [-0.25, -0.2) is 4.79 Å². The van der Waals surface area contributed by atoms with Crippen LogP contribution in [0, 0.1) is 0 Å². The third-order valence-electron chi connectivity index (χ3n) is 3.42. The van der Waals surface area contributed by atoms with Crippen molar-refractivity contribution in [1.29, 1.82) is 0 Å². The zero-order valence-electron chi connectivity index (χ0n) is 15.3. The minimum absolute atomic E-state index is 0.245. The molecule has 0 aliphatic rings. The van der Waals surface area contributed by atoms with Crippen LogP contribution < -0.4 is 16.0 Å². The first-order valence-electron chi connectivity index (χ1n) is 8.40. The maximum Gasteiger partial charge on any atom is 0.338 e. The van der Waals surface area contributed by atoms with Gasteiger partial charge in [-0.3, -0.25) is 14.4 Å². The largest absolute Gasteiger partial charge is 0.462 e. The third-order valence-corrected chi connectivity index (χ3v) is 3.85. The van der Waals surface area contributed by atoms with Gasteiger partial charge in [0, 0.05) is 21.4 Å². The summed E-state index contributed by atoms with van der Waals surface area (Å²) in [7, 11) is 0. The van der Waals surface area contributed by atoms with Crippen LogP contribution in [-0.4, -0.2) is 36.8 Å². The molecule has 0 radical (unpaired) electrons. The highest BCUT2D eigenvalue weighted by Crippen LogP contribution is 2.22. The molecule has 0 aliphatic carbocycles. The van der Waals surface area contributed by atoms with Gasteiger partial charge in [0.25, 0.3) is 0 Å². The van der Waals surface area contributed by atoms with Gasteiger partial charge < -0.3 is 20.7 Å². The number of carbonyl (C=O) groups excluding carboxylic acids is 4. The SMILES string of the molecule is CCOC(=O)c1ccc(NC(=O)C(=O)NCC(=O)Nc2cc(Cl)cc(Cl)c2)cc1. The molecular formula is C19H17Cl2N3O5. The number of esters is 1. The smallest absolute Gasteiger partial charge is 0.338 e. The quantitative estimate of drug-likeness (QED) is 0.474. The molecule has 8 nitrogen and oxygen atoms in total. The summed E-state index contributed by atoms with van der Waals surface area (Å²) in [6.45, 7) is 1.50. The molecule has 152 valence electrons. The van der Waals surface area contributed by atoms with Crippen LogP contribution in [-0.2, 0) is 19.1 Å². The Labute approximate surface area is 176 Å². The number of benzene rings is 2. The second kappa shape index (κ2) is 10.4. The Hall–Kier alpha value is -3.10. The van der Waals surface area contributed by atoms with Crippen molar-refractivity contribution < 1.29 is 23.9 Å². The van der Waals surface area contributed by atoms with Gasteiger partial charge in [-0.1, -0.05) is 23.2 Å². The number of amides is 3. The predicted octanol–water partition coefficient (Wildman–Crippen LogP) is 2.86. The highest BCUT2D eigenvalue weighted by Gasteiger charge is 2.15. The molecular weight excluding hydrogens is 421 g/mol. The van der Waals surface area contributed by atoms with Gasteiger partial charge in [0.2, 0.25) is 5.91 Å². The van der Waals surface area contributed by atoms with E-state index in [-0.39, 0.29) is 6.61 Å². The van der Waals surface area contributed by atoms with Crippen LogP contribution in [0.4, 0.5) is 11.4 Å². The fraction of sp³-hybridized carbons (Fsp3) is 0.158. The van der Waals surface area contributed by atoms with Crippen molar-refractivity contribution in [1.82, 2.24) is 5.32 Å². The van der Waals surface area contributed by atoms with Crippen LogP contribution in [0.5, 0.6) is 0 Å². The molecule has 0 unspecified atom stereocenters. The van der Waals surface area contributed by atoms with Gasteiger partial charge in [0.1, 0.15) is 0 Å². The maximum atomic E-state index is 11.9. The van der Waals surface area contributed by atoms with E-state index < -0.39 is 30.2 Å². The van der Waals surface area contributed by atoms with Crippen molar-refractivity contribution >= 4 is 58.3 Å². The summed E-state index contributed by atoms with van der Waals surface area (Å²) in [5.41, 5.74) is 0.969. The lowest BCUT2D eigenvalue weighted by Crippen LogP contribution is -2.39. The molecule has 0 saturated heterocycles. The Morgan fingerprint density at radius 1 is 0.862 bits per heavy atom. The first-order valence-corrected chi connectivity index (χ1v) is 9.16. The molecule has 3 amide bonds. The fourth-order valence-corrected chi connectivity index (χ4v) is 2.69.